The summed E-state index contributed by atoms with van der Waals surface area (Å²) in [5, 5.41) is 2.45. The number of nitrogens with zero attached hydrogens (tertiary/aromatic N) is 2. The molecule has 0 fully saturated rings. The third kappa shape index (κ3) is 3.68. The van der Waals surface area contributed by atoms with Crippen molar-refractivity contribution in [2.45, 2.75) is 74.3 Å². The Bertz CT molecular complexity index is 734. The summed E-state index contributed by atoms with van der Waals surface area (Å²) in [6.45, 7) is 0. The molecule has 0 saturated carbocycles. The lowest BCUT2D eigenvalue weighted by Crippen LogP contribution is -2.03. The lowest BCUT2D eigenvalue weighted by atomic mass is 10.0. The molecule has 2 heterocycles. The number of rotatable bonds is 3. The van der Waals surface area contributed by atoms with E-state index in [0.717, 1.165) is 11.4 Å². The summed E-state index contributed by atoms with van der Waals surface area (Å²) in [5.41, 5.74) is 8.19. The number of pyridine rings is 2. The summed E-state index contributed by atoms with van der Waals surface area (Å²) < 4.78 is 0. The molecule has 2 aliphatic rings. The second-order valence-electron chi connectivity index (χ2n) is 7.43. The van der Waals surface area contributed by atoms with E-state index in [-0.39, 0.29) is 0 Å². The van der Waals surface area contributed by atoms with Crippen molar-refractivity contribution < 1.29 is 0 Å². The molecular weight excluding hydrogens is 356 g/mol. The molecule has 0 atom stereocenters. The molecule has 0 bridgehead atoms. The Morgan fingerprint density at radius 3 is 1.46 bits per heavy atom. The fraction of sp³-hybridized carbons (Fsp3) is 0.545. The summed E-state index contributed by atoms with van der Waals surface area (Å²) in [6, 6.07) is 4.69. The van der Waals surface area contributed by atoms with Crippen molar-refractivity contribution >= 4 is 23.5 Å². The number of aryl methyl sites for hydroxylation is 2. The molecule has 0 aromatic carbocycles. The molecule has 0 saturated heterocycles. The third-order valence-corrected chi connectivity index (χ3v) is 7.20. The Balaban J connectivity index is 1.82. The first-order valence-corrected chi connectivity index (χ1v) is 12.4. The number of aromatic nitrogens is 2. The molecule has 0 amide bonds. The lowest BCUT2D eigenvalue weighted by Gasteiger charge is -2.16. The fourth-order valence-corrected chi connectivity index (χ4v) is 5.70. The van der Waals surface area contributed by atoms with Crippen molar-refractivity contribution in [3.63, 3.8) is 0 Å². The van der Waals surface area contributed by atoms with Crippen molar-refractivity contribution in [3.8, 4) is 11.4 Å². The predicted octanol–water partition coefficient (Wildman–Crippen LogP) is 6.13. The van der Waals surface area contributed by atoms with E-state index >= 15 is 0 Å². The van der Waals surface area contributed by atoms with E-state index in [9.17, 15) is 0 Å². The summed E-state index contributed by atoms with van der Waals surface area (Å²) in [4.78, 5) is 10.1. The highest BCUT2D eigenvalue weighted by Crippen LogP contribution is 2.34. The van der Waals surface area contributed by atoms with Gasteiger partial charge in [-0.3, -0.25) is 0 Å². The second-order valence-corrected chi connectivity index (χ2v) is 9.02. The number of hydrogen-bond donors (Lipinski definition) is 0. The average Bonchev–Trinajstić information content (AvgIpc) is 3.06. The van der Waals surface area contributed by atoms with Gasteiger partial charge in [0.1, 0.15) is 0 Å². The minimum absolute atomic E-state index is 1.08. The molecule has 0 aliphatic heterocycles. The van der Waals surface area contributed by atoms with Crippen LogP contribution in [0.25, 0.3) is 11.4 Å². The van der Waals surface area contributed by atoms with Crippen molar-refractivity contribution in [1.29, 1.82) is 0 Å². The smallest absolute Gasteiger partial charge is 0.1000 e. The number of fused-ring (bicyclic) bond motifs is 2. The van der Waals surface area contributed by atoms with E-state index in [1.807, 2.05) is 0 Å². The van der Waals surface area contributed by atoms with Gasteiger partial charge in [-0.15, -0.1) is 23.5 Å². The van der Waals surface area contributed by atoms with E-state index in [0.29, 0.717) is 0 Å². The Morgan fingerprint density at radius 2 is 1.04 bits per heavy atom. The fourth-order valence-electron chi connectivity index (χ4n) is 4.37. The Morgan fingerprint density at radius 1 is 0.615 bits per heavy atom. The van der Waals surface area contributed by atoms with Crippen molar-refractivity contribution in [1.82, 2.24) is 9.97 Å². The van der Waals surface area contributed by atoms with Crippen LogP contribution in [0.1, 0.15) is 60.8 Å². The van der Waals surface area contributed by atoms with E-state index < -0.39 is 0 Å². The summed E-state index contributed by atoms with van der Waals surface area (Å²) >= 11 is 3.60. The van der Waals surface area contributed by atoms with Crippen LogP contribution in [0.5, 0.6) is 0 Å². The van der Waals surface area contributed by atoms with Gasteiger partial charge in [0, 0.05) is 0 Å². The van der Waals surface area contributed by atoms with Gasteiger partial charge in [-0.1, -0.05) is 12.8 Å². The van der Waals surface area contributed by atoms with Gasteiger partial charge in [-0.05, 0) is 98.3 Å². The maximum atomic E-state index is 5.06. The Hall–Kier alpha value is -1.00. The highest BCUT2D eigenvalue weighted by Gasteiger charge is 2.19. The quantitative estimate of drug-likeness (QED) is 0.470. The normalized spacial score (nSPS) is 17.2. The minimum Gasteiger partial charge on any atom is -0.240 e. The molecule has 4 heteroatoms. The second kappa shape index (κ2) is 8.35. The van der Waals surface area contributed by atoms with Crippen LogP contribution in [0.2, 0.25) is 0 Å². The molecule has 2 nitrogen and oxygen atoms in total. The maximum Gasteiger partial charge on any atom is 0.1000 e. The number of hydrogen-bond acceptors (Lipinski definition) is 4. The summed E-state index contributed by atoms with van der Waals surface area (Å²) in [6.07, 6.45) is 17.0. The molecular formula is C22H28N2S2. The van der Waals surface area contributed by atoms with Crippen molar-refractivity contribution in [3.05, 3.63) is 34.4 Å². The van der Waals surface area contributed by atoms with Gasteiger partial charge in [0.2, 0.25) is 0 Å². The topological polar surface area (TPSA) is 25.8 Å². The first-order chi connectivity index (χ1) is 12.8. The molecule has 2 aromatic heterocycles. The van der Waals surface area contributed by atoms with Gasteiger partial charge in [0.25, 0.3) is 0 Å². The zero-order valence-corrected chi connectivity index (χ0v) is 17.6. The van der Waals surface area contributed by atoms with Gasteiger partial charge in [-0.2, -0.15) is 0 Å². The molecule has 2 aromatic rings. The van der Waals surface area contributed by atoms with Crippen LogP contribution < -0.4 is 0 Å². The maximum absolute atomic E-state index is 5.06. The molecule has 0 unspecified atom stereocenters. The van der Waals surface area contributed by atoms with Crippen LogP contribution in [-0.4, -0.2) is 22.5 Å². The standard InChI is InChI=1S/C22H28N2S2/c1-25-21-17-11-7-3-5-9-15(17)13-19(23-21)20-14-16-10-6-4-8-12-18(16)22(24-20)26-2/h13-14H,3-12H2,1-2H3. The predicted molar refractivity (Wildman–Crippen MR) is 114 cm³/mol. The van der Waals surface area contributed by atoms with E-state index in [4.69, 9.17) is 9.97 Å². The highest BCUT2D eigenvalue weighted by molar-refractivity contribution is 7.98. The lowest BCUT2D eigenvalue weighted by molar-refractivity contribution is 0.709. The molecule has 0 spiro atoms. The highest BCUT2D eigenvalue weighted by atomic mass is 32.2. The SMILES string of the molecule is CSc1nc(-c2cc3c(c(SC)n2)CCCCC3)cc2c1CCCCC2. The van der Waals surface area contributed by atoms with Crippen LogP contribution in [0.15, 0.2) is 22.2 Å². The average molecular weight is 385 g/mol. The summed E-state index contributed by atoms with van der Waals surface area (Å²) in [7, 11) is 0. The van der Waals surface area contributed by atoms with Crippen molar-refractivity contribution in [2.24, 2.45) is 0 Å². The van der Waals surface area contributed by atoms with Crippen LogP contribution in [0.4, 0.5) is 0 Å². The van der Waals surface area contributed by atoms with Crippen LogP contribution >= 0.6 is 23.5 Å². The van der Waals surface area contributed by atoms with Gasteiger partial charge < -0.3 is 0 Å². The van der Waals surface area contributed by atoms with Crippen LogP contribution in [0, 0.1) is 0 Å². The van der Waals surface area contributed by atoms with Crippen molar-refractivity contribution in [2.75, 3.05) is 12.5 Å². The molecule has 2 aliphatic carbocycles. The third-order valence-electron chi connectivity index (χ3n) is 5.75. The number of thioether (sulfide) groups is 2. The van der Waals surface area contributed by atoms with Gasteiger partial charge in [0.15, 0.2) is 0 Å². The van der Waals surface area contributed by atoms with E-state index in [1.165, 1.54) is 96.5 Å². The molecule has 0 radical (unpaired) electrons. The molecule has 0 N–H and O–H groups in total. The van der Waals surface area contributed by atoms with Gasteiger partial charge in [-0.25, -0.2) is 9.97 Å². The van der Waals surface area contributed by atoms with E-state index in [2.05, 4.69) is 24.6 Å². The van der Waals surface area contributed by atoms with E-state index in [1.54, 1.807) is 23.5 Å². The first-order valence-electron chi connectivity index (χ1n) is 9.94. The van der Waals surface area contributed by atoms with Crippen LogP contribution in [0.3, 0.4) is 0 Å². The molecule has 138 valence electrons. The van der Waals surface area contributed by atoms with Gasteiger partial charge >= 0.3 is 0 Å². The van der Waals surface area contributed by atoms with Gasteiger partial charge in [0.05, 0.1) is 21.4 Å². The Labute approximate surface area is 166 Å². The Kier molecular flexibility index (Phi) is 5.90. The monoisotopic (exact) mass is 384 g/mol. The molecule has 4 rings (SSSR count). The minimum atomic E-state index is 1.08. The first kappa shape index (κ1) is 18.4. The molecule has 26 heavy (non-hydrogen) atoms. The largest absolute Gasteiger partial charge is 0.240 e. The van der Waals surface area contributed by atoms with Crippen LogP contribution in [-0.2, 0) is 25.7 Å². The summed E-state index contributed by atoms with van der Waals surface area (Å²) in [5.74, 6) is 0. The zero-order chi connectivity index (χ0) is 17.9. The zero-order valence-electron chi connectivity index (χ0n) is 15.9.